The predicted molar refractivity (Wildman–Crippen MR) is 147 cm³/mol. The maximum absolute atomic E-state index is 12.7. The van der Waals surface area contributed by atoms with E-state index >= 15 is 0 Å². The van der Waals surface area contributed by atoms with Gasteiger partial charge in [-0.1, -0.05) is 58.1 Å². The number of aromatic amines is 1. The fourth-order valence-corrected chi connectivity index (χ4v) is 4.98. The summed E-state index contributed by atoms with van der Waals surface area (Å²) in [5.41, 5.74) is 4.08. The molecular weight excluding hydrogens is 448 g/mol. The van der Waals surface area contributed by atoms with E-state index in [1.54, 1.807) is 0 Å². The number of hydrogen-bond donors (Lipinski definition) is 3. The van der Waals surface area contributed by atoms with Crippen LogP contribution in [0.1, 0.15) is 88.4 Å². The van der Waals surface area contributed by atoms with Gasteiger partial charge in [-0.3, -0.25) is 9.59 Å². The van der Waals surface area contributed by atoms with Gasteiger partial charge in [0.25, 0.3) is 5.91 Å². The number of benzene rings is 2. The van der Waals surface area contributed by atoms with Crippen LogP contribution >= 0.6 is 0 Å². The SMILES string of the molecule is CCCCCCCCNC(=O)c1ccc(-c2nc3ccc(NC(=O)C4CCC(C)CC4)cc3[nH]2)cc1. The Kier molecular flexibility index (Phi) is 9.15. The molecule has 36 heavy (non-hydrogen) atoms. The number of rotatable bonds is 11. The van der Waals surface area contributed by atoms with Crippen LogP contribution in [0.3, 0.4) is 0 Å². The van der Waals surface area contributed by atoms with Crippen molar-refractivity contribution in [1.82, 2.24) is 15.3 Å². The van der Waals surface area contributed by atoms with Crippen molar-refractivity contribution in [3.63, 3.8) is 0 Å². The Morgan fingerprint density at radius 2 is 1.67 bits per heavy atom. The van der Waals surface area contributed by atoms with E-state index in [0.717, 1.165) is 79.1 Å². The predicted octanol–water partition coefficient (Wildman–Crippen LogP) is 7.09. The fourth-order valence-electron chi connectivity index (χ4n) is 4.98. The molecule has 0 unspecified atom stereocenters. The Morgan fingerprint density at radius 1 is 0.944 bits per heavy atom. The average Bonchev–Trinajstić information content (AvgIpc) is 3.32. The second-order valence-electron chi connectivity index (χ2n) is 10.4. The first kappa shape index (κ1) is 25.9. The first-order valence-electron chi connectivity index (χ1n) is 13.7. The molecule has 2 aromatic carbocycles. The van der Waals surface area contributed by atoms with Crippen LogP contribution in [-0.4, -0.2) is 28.3 Å². The lowest BCUT2D eigenvalue weighted by Crippen LogP contribution is -2.26. The van der Waals surface area contributed by atoms with E-state index in [4.69, 9.17) is 4.98 Å². The van der Waals surface area contributed by atoms with Crippen LogP contribution in [0.5, 0.6) is 0 Å². The van der Waals surface area contributed by atoms with Gasteiger partial charge in [0.2, 0.25) is 5.91 Å². The molecule has 0 atom stereocenters. The molecule has 0 bridgehead atoms. The molecule has 6 heteroatoms. The minimum Gasteiger partial charge on any atom is -0.352 e. The van der Waals surface area contributed by atoms with Crippen molar-refractivity contribution in [2.45, 2.75) is 78.1 Å². The van der Waals surface area contributed by atoms with Crippen molar-refractivity contribution in [2.75, 3.05) is 11.9 Å². The molecule has 4 rings (SSSR count). The van der Waals surface area contributed by atoms with Crippen molar-refractivity contribution in [1.29, 1.82) is 0 Å². The summed E-state index contributed by atoms with van der Waals surface area (Å²) < 4.78 is 0. The number of fused-ring (bicyclic) bond motifs is 1. The highest BCUT2D eigenvalue weighted by molar-refractivity contribution is 5.95. The maximum atomic E-state index is 12.7. The third-order valence-corrected chi connectivity index (χ3v) is 7.37. The number of anilines is 1. The zero-order valence-corrected chi connectivity index (χ0v) is 21.7. The summed E-state index contributed by atoms with van der Waals surface area (Å²) in [7, 11) is 0. The van der Waals surface area contributed by atoms with Gasteiger partial charge in [-0.15, -0.1) is 0 Å². The van der Waals surface area contributed by atoms with Crippen LogP contribution in [0, 0.1) is 11.8 Å². The Labute approximate surface area is 214 Å². The fraction of sp³-hybridized carbons (Fsp3) is 0.500. The third-order valence-electron chi connectivity index (χ3n) is 7.37. The number of amides is 2. The van der Waals surface area contributed by atoms with Gasteiger partial charge < -0.3 is 15.6 Å². The van der Waals surface area contributed by atoms with Gasteiger partial charge in [0, 0.05) is 29.3 Å². The second-order valence-corrected chi connectivity index (χ2v) is 10.4. The first-order valence-corrected chi connectivity index (χ1v) is 13.7. The van der Waals surface area contributed by atoms with Crippen LogP contribution in [0.15, 0.2) is 42.5 Å². The topological polar surface area (TPSA) is 86.9 Å². The normalized spacial score (nSPS) is 17.7. The van der Waals surface area contributed by atoms with Crippen LogP contribution < -0.4 is 10.6 Å². The third kappa shape index (κ3) is 6.96. The monoisotopic (exact) mass is 488 g/mol. The molecule has 1 aliphatic rings. The summed E-state index contributed by atoms with van der Waals surface area (Å²) in [4.78, 5) is 33.2. The van der Waals surface area contributed by atoms with E-state index < -0.39 is 0 Å². The van der Waals surface area contributed by atoms with Crippen molar-refractivity contribution >= 4 is 28.5 Å². The Hall–Kier alpha value is -3.15. The second kappa shape index (κ2) is 12.7. The summed E-state index contributed by atoms with van der Waals surface area (Å²) in [5.74, 6) is 1.66. The molecule has 3 N–H and O–H groups in total. The molecule has 0 spiro atoms. The lowest BCUT2D eigenvalue weighted by atomic mass is 9.82. The molecule has 2 amide bonds. The van der Waals surface area contributed by atoms with Crippen molar-refractivity contribution < 1.29 is 9.59 Å². The quantitative estimate of drug-likeness (QED) is 0.252. The molecule has 1 aliphatic carbocycles. The van der Waals surface area contributed by atoms with Gasteiger partial charge in [0.1, 0.15) is 5.82 Å². The largest absolute Gasteiger partial charge is 0.352 e. The van der Waals surface area contributed by atoms with Gasteiger partial charge in [-0.25, -0.2) is 4.98 Å². The molecule has 1 saturated carbocycles. The summed E-state index contributed by atoms with van der Waals surface area (Å²) in [5, 5.41) is 6.11. The van der Waals surface area contributed by atoms with E-state index in [9.17, 15) is 9.59 Å². The summed E-state index contributed by atoms with van der Waals surface area (Å²) in [6.07, 6.45) is 11.4. The number of aromatic nitrogens is 2. The smallest absolute Gasteiger partial charge is 0.251 e. The zero-order chi connectivity index (χ0) is 25.3. The number of H-pyrrole nitrogens is 1. The van der Waals surface area contributed by atoms with Gasteiger partial charge in [-0.2, -0.15) is 0 Å². The Balaban J connectivity index is 1.32. The van der Waals surface area contributed by atoms with Crippen molar-refractivity contribution in [2.24, 2.45) is 11.8 Å². The van der Waals surface area contributed by atoms with E-state index in [0.29, 0.717) is 5.56 Å². The van der Waals surface area contributed by atoms with Crippen molar-refractivity contribution in [3.05, 3.63) is 48.0 Å². The number of nitrogens with zero attached hydrogens (tertiary/aromatic N) is 1. The van der Waals surface area contributed by atoms with E-state index in [1.165, 1.54) is 25.7 Å². The van der Waals surface area contributed by atoms with Gasteiger partial charge in [-0.05, 0) is 68.4 Å². The Morgan fingerprint density at radius 3 is 2.42 bits per heavy atom. The van der Waals surface area contributed by atoms with Crippen molar-refractivity contribution in [3.8, 4) is 11.4 Å². The lowest BCUT2D eigenvalue weighted by Gasteiger charge is -2.25. The summed E-state index contributed by atoms with van der Waals surface area (Å²) in [6.45, 7) is 5.20. The van der Waals surface area contributed by atoms with Crippen LogP contribution in [0.4, 0.5) is 5.69 Å². The summed E-state index contributed by atoms with van der Waals surface area (Å²) in [6, 6.07) is 13.3. The maximum Gasteiger partial charge on any atom is 0.251 e. The zero-order valence-electron chi connectivity index (χ0n) is 21.7. The average molecular weight is 489 g/mol. The van der Waals surface area contributed by atoms with Crippen LogP contribution in [0.2, 0.25) is 0 Å². The molecule has 0 saturated heterocycles. The molecule has 3 aromatic rings. The number of carbonyl (C=O) groups excluding carboxylic acids is 2. The lowest BCUT2D eigenvalue weighted by molar-refractivity contribution is -0.121. The first-order chi connectivity index (χ1) is 17.5. The highest BCUT2D eigenvalue weighted by atomic mass is 16.2. The van der Waals surface area contributed by atoms with E-state index in [1.807, 2.05) is 42.5 Å². The van der Waals surface area contributed by atoms with Gasteiger partial charge in [0.15, 0.2) is 0 Å². The Bertz CT molecular complexity index is 1140. The molecule has 0 aliphatic heterocycles. The number of hydrogen-bond acceptors (Lipinski definition) is 3. The molecule has 0 radical (unpaired) electrons. The van der Waals surface area contributed by atoms with Gasteiger partial charge in [0.05, 0.1) is 11.0 Å². The van der Waals surface area contributed by atoms with E-state index in [-0.39, 0.29) is 17.7 Å². The molecule has 6 nitrogen and oxygen atoms in total. The molecule has 1 fully saturated rings. The highest BCUT2D eigenvalue weighted by Crippen LogP contribution is 2.30. The molecule has 192 valence electrons. The van der Waals surface area contributed by atoms with Crippen LogP contribution in [0.25, 0.3) is 22.4 Å². The van der Waals surface area contributed by atoms with E-state index in [2.05, 4.69) is 29.5 Å². The highest BCUT2D eigenvalue weighted by Gasteiger charge is 2.24. The van der Waals surface area contributed by atoms with Crippen LogP contribution in [-0.2, 0) is 4.79 Å². The standard InChI is InChI=1S/C30H40N4O2/c1-3-4-5-6-7-8-19-31-29(35)23-15-13-22(14-16-23)28-33-26-18-17-25(20-27(26)34-28)32-30(36)24-11-9-21(2)10-12-24/h13-18,20-21,24H,3-12,19H2,1-2H3,(H,31,35)(H,32,36)(H,33,34). The minimum atomic E-state index is -0.0347. The number of carbonyl (C=O) groups is 2. The minimum absolute atomic E-state index is 0.0347. The number of nitrogens with one attached hydrogen (secondary N) is 3. The molecule has 1 heterocycles. The number of unbranched alkanes of at least 4 members (excludes halogenated alkanes) is 5. The molecule has 1 aromatic heterocycles. The number of imidazole rings is 1. The summed E-state index contributed by atoms with van der Waals surface area (Å²) >= 11 is 0. The van der Waals surface area contributed by atoms with Gasteiger partial charge >= 0.3 is 0 Å². The molecular formula is C30H40N4O2.